The Bertz CT molecular complexity index is 690. The molecule has 2 aromatic carbocycles. The third-order valence-electron chi connectivity index (χ3n) is 5.32. The standard InChI is InChI=1S/C24H30O4/c1-2-7-19(8-3-1)9-6-10-23(28-24-11-4-5-16-25-24)20-12-14-21(15-13-20)26-17-22-18-27-22/h1-3,7-8,12-15,22-24H,4-6,9-11,16-18H2. The van der Waals surface area contributed by atoms with E-state index < -0.39 is 0 Å². The molecule has 28 heavy (non-hydrogen) atoms. The van der Waals surface area contributed by atoms with Crippen LogP contribution in [0.3, 0.4) is 0 Å². The highest BCUT2D eigenvalue weighted by molar-refractivity contribution is 5.29. The molecule has 0 aromatic heterocycles. The largest absolute Gasteiger partial charge is 0.491 e. The van der Waals surface area contributed by atoms with Crippen molar-refractivity contribution in [1.82, 2.24) is 0 Å². The number of aryl methyl sites for hydroxylation is 1. The Balaban J connectivity index is 1.35. The van der Waals surface area contributed by atoms with Crippen LogP contribution in [0, 0.1) is 0 Å². The minimum atomic E-state index is -0.0848. The maximum Gasteiger partial charge on any atom is 0.158 e. The molecule has 0 aliphatic carbocycles. The first-order valence-electron chi connectivity index (χ1n) is 10.5. The summed E-state index contributed by atoms with van der Waals surface area (Å²) < 4.78 is 23.2. The van der Waals surface area contributed by atoms with Gasteiger partial charge in [-0.15, -0.1) is 0 Å². The molecule has 2 aliphatic rings. The monoisotopic (exact) mass is 382 g/mol. The van der Waals surface area contributed by atoms with Crippen LogP contribution in [0.15, 0.2) is 54.6 Å². The molecule has 0 bridgehead atoms. The number of epoxide rings is 1. The van der Waals surface area contributed by atoms with E-state index in [-0.39, 0.29) is 18.5 Å². The van der Waals surface area contributed by atoms with Crippen LogP contribution in [-0.4, -0.2) is 32.2 Å². The van der Waals surface area contributed by atoms with Crippen molar-refractivity contribution < 1.29 is 18.9 Å². The molecule has 0 radical (unpaired) electrons. The van der Waals surface area contributed by atoms with Gasteiger partial charge in [0.25, 0.3) is 0 Å². The Hall–Kier alpha value is -1.88. The first-order valence-corrected chi connectivity index (χ1v) is 10.5. The van der Waals surface area contributed by atoms with Crippen molar-refractivity contribution in [2.45, 2.75) is 57.0 Å². The normalized spacial score (nSPS) is 22.6. The van der Waals surface area contributed by atoms with Gasteiger partial charge in [0, 0.05) is 6.61 Å². The van der Waals surface area contributed by atoms with Crippen LogP contribution in [0.5, 0.6) is 5.75 Å². The van der Waals surface area contributed by atoms with Gasteiger partial charge in [0.1, 0.15) is 18.5 Å². The van der Waals surface area contributed by atoms with Gasteiger partial charge in [0.05, 0.1) is 12.7 Å². The van der Waals surface area contributed by atoms with Crippen molar-refractivity contribution in [1.29, 1.82) is 0 Å². The lowest BCUT2D eigenvalue weighted by atomic mass is 10.0. The third-order valence-corrected chi connectivity index (χ3v) is 5.32. The lowest BCUT2D eigenvalue weighted by Gasteiger charge is -2.28. The average Bonchev–Trinajstić information content (AvgIpc) is 3.58. The van der Waals surface area contributed by atoms with E-state index in [1.54, 1.807) is 0 Å². The van der Waals surface area contributed by atoms with Gasteiger partial charge in [0.15, 0.2) is 6.29 Å². The van der Waals surface area contributed by atoms with Crippen LogP contribution in [0.4, 0.5) is 0 Å². The molecule has 4 rings (SSSR count). The Morgan fingerprint density at radius 1 is 0.964 bits per heavy atom. The van der Waals surface area contributed by atoms with Crippen LogP contribution in [0.2, 0.25) is 0 Å². The highest BCUT2D eigenvalue weighted by Crippen LogP contribution is 2.30. The Kier molecular flexibility index (Phi) is 6.98. The zero-order valence-corrected chi connectivity index (χ0v) is 16.4. The first-order chi connectivity index (χ1) is 13.9. The molecule has 0 spiro atoms. The van der Waals surface area contributed by atoms with E-state index in [0.717, 1.165) is 51.1 Å². The summed E-state index contributed by atoms with van der Waals surface area (Å²) in [6, 6.07) is 19.0. The van der Waals surface area contributed by atoms with E-state index in [1.807, 2.05) is 12.1 Å². The van der Waals surface area contributed by atoms with E-state index in [9.17, 15) is 0 Å². The van der Waals surface area contributed by atoms with Crippen LogP contribution in [-0.2, 0) is 20.6 Å². The van der Waals surface area contributed by atoms with Crippen LogP contribution < -0.4 is 4.74 Å². The average molecular weight is 383 g/mol. The molecule has 2 fully saturated rings. The fraction of sp³-hybridized carbons (Fsp3) is 0.500. The summed E-state index contributed by atoms with van der Waals surface area (Å²) in [5.74, 6) is 0.885. The number of benzene rings is 2. The highest BCUT2D eigenvalue weighted by Gasteiger charge is 2.23. The van der Waals surface area contributed by atoms with Crippen molar-refractivity contribution in [3.05, 3.63) is 65.7 Å². The van der Waals surface area contributed by atoms with Gasteiger partial charge in [-0.3, -0.25) is 0 Å². The van der Waals surface area contributed by atoms with Crippen molar-refractivity contribution in [2.75, 3.05) is 19.8 Å². The smallest absolute Gasteiger partial charge is 0.158 e. The van der Waals surface area contributed by atoms with Gasteiger partial charge < -0.3 is 18.9 Å². The third kappa shape index (κ3) is 6.06. The molecule has 2 aliphatic heterocycles. The zero-order chi connectivity index (χ0) is 19.0. The van der Waals surface area contributed by atoms with Gasteiger partial charge in [-0.1, -0.05) is 42.5 Å². The minimum absolute atomic E-state index is 0.0487. The molecule has 0 saturated carbocycles. The fourth-order valence-electron chi connectivity index (χ4n) is 3.58. The van der Waals surface area contributed by atoms with Crippen LogP contribution in [0.1, 0.15) is 49.3 Å². The van der Waals surface area contributed by atoms with E-state index in [1.165, 1.54) is 17.5 Å². The maximum atomic E-state index is 6.38. The van der Waals surface area contributed by atoms with E-state index in [0.29, 0.717) is 6.61 Å². The number of hydrogen-bond donors (Lipinski definition) is 0. The predicted octanol–water partition coefficient (Wildman–Crippen LogP) is 5.07. The summed E-state index contributed by atoms with van der Waals surface area (Å²) >= 11 is 0. The summed E-state index contributed by atoms with van der Waals surface area (Å²) in [4.78, 5) is 0. The van der Waals surface area contributed by atoms with Gasteiger partial charge >= 0.3 is 0 Å². The Morgan fingerprint density at radius 3 is 2.50 bits per heavy atom. The molecule has 0 amide bonds. The molecule has 3 atom stereocenters. The van der Waals surface area contributed by atoms with Gasteiger partial charge in [-0.2, -0.15) is 0 Å². The summed E-state index contributed by atoms with van der Waals surface area (Å²) in [6.07, 6.45) is 6.66. The molecule has 150 valence electrons. The summed E-state index contributed by atoms with van der Waals surface area (Å²) in [7, 11) is 0. The lowest BCUT2D eigenvalue weighted by molar-refractivity contribution is -0.191. The second-order valence-corrected chi connectivity index (χ2v) is 7.63. The molecule has 2 aromatic rings. The first kappa shape index (κ1) is 19.4. The van der Waals surface area contributed by atoms with E-state index in [4.69, 9.17) is 18.9 Å². The molecular formula is C24H30O4. The van der Waals surface area contributed by atoms with Gasteiger partial charge in [-0.25, -0.2) is 0 Å². The SMILES string of the molecule is c1ccc(CCCC(OC2CCCCO2)c2ccc(OCC3CO3)cc2)cc1. The van der Waals surface area contributed by atoms with E-state index >= 15 is 0 Å². The fourth-order valence-corrected chi connectivity index (χ4v) is 3.58. The van der Waals surface area contributed by atoms with Gasteiger partial charge in [0.2, 0.25) is 0 Å². The van der Waals surface area contributed by atoms with Crippen molar-refractivity contribution in [3.8, 4) is 5.75 Å². The Labute approximate surface area is 167 Å². The highest BCUT2D eigenvalue weighted by atomic mass is 16.7. The quantitative estimate of drug-likeness (QED) is 0.538. The molecular weight excluding hydrogens is 352 g/mol. The van der Waals surface area contributed by atoms with Crippen LogP contribution in [0.25, 0.3) is 0 Å². The molecule has 4 nitrogen and oxygen atoms in total. The van der Waals surface area contributed by atoms with Crippen molar-refractivity contribution in [2.24, 2.45) is 0 Å². The van der Waals surface area contributed by atoms with Gasteiger partial charge in [-0.05, 0) is 61.8 Å². The maximum absolute atomic E-state index is 6.38. The Morgan fingerprint density at radius 2 is 1.79 bits per heavy atom. The molecule has 4 heteroatoms. The molecule has 3 unspecified atom stereocenters. The summed E-state index contributed by atoms with van der Waals surface area (Å²) in [5, 5.41) is 0. The molecule has 0 N–H and O–H groups in total. The van der Waals surface area contributed by atoms with Crippen molar-refractivity contribution in [3.63, 3.8) is 0 Å². The second-order valence-electron chi connectivity index (χ2n) is 7.63. The molecule has 2 saturated heterocycles. The van der Waals surface area contributed by atoms with Crippen molar-refractivity contribution >= 4 is 0 Å². The van der Waals surface area contributed by atoms with E-state index in [2.05, 4.69) is 42.5 Å². The summed E-state index contributed by atoms with van der Waals surface area (Å²) in [5.41, 5.74) is 2.57. The number of ether oxygens (including phenoxy) is 4. The zero-order valence-electron chi connectivity index (χ0n) is 16.4. The number of rotatable bonds is 10. The second kappa shape index (κ2) is 10.1. The minimum Gasteiger partial charge on any atom is -0.491 e. The lowest BCUT2D eigenvalue weighted by Crippen LogP contribution is -2.24. The summed E-state index contributed by atoms with van der Waals surface area (Å²) in [6.45, 7) is 2.25. The molecule has 2 heterocycles. The van der Waals surface area contributed by atoms with Crippen LogP contribution >= 0.6 is 0 Å². The predicted molar refractivity (Wildman–Crippen MR) is 108 cm³/mol. The number of hydrogen-bond acceptors (Lipinski definition) is 4. The topological polar surface area (TPSA) is 40.2 Å².